The Bertz CT molecular complexity index is 1800. The molecule has 1 amide bonds. The summed E-state index contributed by atoms with van der Waals surface area (Å²) in [5.74, 6) is 0.497. The first-order valence-corrected chi connectivity index (χ1v) is 15.6. The third-order valence-electron chi connectivity index (χ3n) is 7.98. The Morgan fingerprint density at radius 3 is 2.40 bits per heavy atom. The van der Waals surface area contributed by atoms with Crippen LogP contribution in [0, 0.1) is 0 Å². The number of hydrogen-bond acceptors (Lipinski definition) is 5. The van der Waals surface area contributed by atoms with Crippen LogP contribution in [0.25, 0.3) is 32.9 Å². The number of aromatic nitrogens is 2. The van der Waals surface area contributed by atoms with Gasteiger partial charge in [0.1, 0.15) is 18.2 Å². The molecular formula is C34H32ClN3O4S. The number of benzene rings is 3. The number of aromatic carboxylic acids is 1. The van der Waals surface area contributed by atoms with Gasteiger partial charge in [0.05, 0.1) is 20.9 Å². The van der Waals surface area contributed by atoms with Gasteiger partial charge >= 0.3 is 5.97 Å². The van der Waals surface area contributed by atoms with Crippen LogP contribution in [0.4, 0.5) is 0 Å². The van der Waals surface area contributed by atoms with Gasteiger partial charge in [-0.05, 0) is 90.7 Å². The quantitative estimate of drug-likeness (QED) is 0.189. The van der Waals surface area contributed by atoms with Crippen molar-refractivity contribution in [1.29, 1.82) is 0 Å². The van der Waals surface area contributed by atoms with Crippen LogP contribution < -0.4 is 4.74 Å². The van der Waals surface area contributed by atoms with Crippen LogP contribution in [0.5, 0.6) is 5.75 Å². The van der Waals surface area contributed by atoms with Gasteiger partial charge < -0.3 is 19.3 Å². The molecule has 0 aliphatic heterocycles. The van der Waals surface area contributed by atoms with E-state index in [1.165, 1.54) is 30.6 Å². The minimum atomic E-state index is -0.959. The molecule has 2 heterocycles. The van der Waals surface area contributed by atoms with E-state index in [0.29, 0.717) is 27.2 Å². The standard InChI is InChI=1S/C34H32ClN3O4S/c1-37(2)33(39)22-10-14-27(30-16-17-31(35)43-30)24(18-22)20-42-26-12-8-21(9-13-26)32-36-28-19-23(34(40)41)11-15-29(28)38(32)25-6-4-3-5-7-25/h8-19,25H,3-7,20H2,1-2H3,(H,40,41). The minimum absolute atomic E-state index is 0.0716. The van der Waals surface area contributed by atoms with Gasteiger partial charge in [-0.2, -0.15) is 0 Å². The van der Waals surface area contributed by atoms with Crippen LogP contribution in [0.1, 0.15) is 64.4 Å². The molecule has 1 aliphatic carbocycles. The van der Waals surface area contributed by atoms with E-state index in [4.69, 9.17) is 21.3 Å². The Hall–Kier alpha value is -4.14. The summed E-state index contributed by atoms with van der Waals surface area (Å²) in [5.41, 5.74) is 5.29. The second-order valence-electron chi connectivity index (χ2n) is 11.1. The highest BCUT2D eigenvalue weighted by Gasteiger charge is 2.23. The molecule has 7 nitrogen and oxygen atoms in total. The van der Waals surface area contributed by atoms with Gasteiger partial charge in [-0.25, -0.2) is 9.78 Å². The number of carbonyl (C=O) groups excluding carboxylic acids is 1. The van der Waals surface area contributed by atoms with E-state index in [0.717, 1.165) is 45.8 Å². The van der Waals surface area contributed by atoms with Crippen molar-refractivity contribution in [2.75, 3.05) is 14.1 Å². The normalized spacial score (nSPS) is 13.7. The number of amides is 1. The Kier molecular flexibility index (Phi) is 8.23. The molecule has 6 rings (SSSR count). The van der Waals surface area contributed by atoms with Crippen molar-refractivity contribution in [2.24, 2.45) is 0 Å². The minimum Gasteiger partial charge on any atom is -0.489 e. The number of nitrogens with zero attached hydrogens (tertiary/aromatic N) is 3. The van der Waals surface area contributed by atoms with Crippen molar-refractivity contribution in [2.45, 2.75) is 44.8 Å². The van der Waals surface area contributed by atoms with Gasteiger partial charge in [0.15, 0.2) is 0 Å². The molecule has 2 aromatic heterocycles. The highest BCUT2D eigenvalue weighted by Crippen LogP contribution is 2.37. The van der Waals surface area contributed by atoms with E-state index in [-0.39, 0.29) is 18.1 Å². The van der Waals surface area contributed by atoms with Crippen LogP contribution in [-0.4, -0.2) is 45.5 Å². The fourth-order valence-corrected chi connectivity index (χ4v) is 6.91. The second-order valence-corrected chi connectivity index (χ2v) is 12.8. The van der Waals surface area contributed by atoms with Crippen molar-refractivity contribution in [1.82, 2.24) is 14.5 Å². The fraction of sp³-hybridized carbons (Fsp3) is 0.265. The van der Waals surface area contributed by atoms with Gasteiger partial charge in [-0.1, -0.05) is 36.9 Å². The maximum absolute atomic E-state index is 12.7. The number of halogens is 1. The molecule has 1 aliphatic rings. The zero-order chi connectivity index (χ0) is 30.1. The van der Waals surface area contributed by atoms with Gasteiger partial charge in [-0.3, -0.25) is 4.79 Å². The predicted octanol–water partition coefficient (Wildman–Crippen LogP) is 8.57. The van der Waals surface area contributed by atoms with Crippen molar-refractivity contribution in [3.05, 3.63) is 93.8 Å². The second kappa shape index (κ2) is 12.2. The van der Waals surface area contributed by atoms with Crippen molar-refractivity contribution >= 4 is 45.8 Å². The molecule has 0 saturated heterocycles. The van der Waals surface area contributed by atoms with Crippen molar-refractivity contribution in [3.8, 4) is 27.6 Å². The number of fused-ring (bicyclic) bond motifs is 1. The monoisotopic (exact) mass is 613 g/mol. The molecule has 1 saturated carbocycles. The van der Waals surface area contributed by atoms with Crippen molar-refractivity contribution < 1.29 is 19.4 Å². The molecular weight excluding hydrogens is 582 g/mol. The summed E-state index contributed by atoms with van der Waals surface area (Å²) in [6.45, 7) is 0.275. The van der Waals surface area contributed by atoms with Crippen LogP contribution in [0.15, 0.2) is 72.8 Å². The van der Waals surface area contributed by atoms with Crippen LogP contribution in [0.2, 0.25) is 4.34 Å². The van der Waals surface area contributed by atoms with Crippen molar-refractivity contribution in [3.63, 3.8) is 0 Å². The number of carbonyl (C=O) groups is 2. The Morgan fingerprint density at radius 2 is 1.72 bits per heavy atom. The first kappa shape index (κ1) is 29.0. The lowest BCUT2D eigenvalue weighted by Crippen LogP contribution is -2.21. The van der Waals surface area contributed by atoms with Gasteiger partial charge in [0, 0.05) is 36.1 Å². The number of imidazole rings is 1. The maximum atomic E-state index is 12.7. The molecule has 9 heteroatoms. The smallest absolute Gasteiger partial charge is 0.335 e. The number of hydrogen-bond donors (Lipinski definition) is 1. The fourth-order valence-electron chi connectivity index (χ4n) is 5.81. The predicted molar refractivity (Wildman–Crippen MR) is 171 cm³/mol. The lowest BCUT2D eigenvalue weighted by atomic mass is 9.95. The molecule has 0 radical (unpaired) electrons. The summed E-state index contributed by atoms with van der Waals surface area (Å²) in [5, 5.41) is 9.53. The number of carboxylic acid groups (broad SMARTS) is 1. The number of rotatable bonds is 8. The molecule has 0 spiro atoms. The molecule has 0 atom stereocenters. The molecule has 43 heavy (non-hydrogen) atoms. The topological polar surface area (TPSA) is 84.7 Å². The first-order valence-electron chi connectivity index (χ1n) is 14.4. The SMILES string of the molecule is CN(C)C(=O)c1ccc(-c2ccc(Cl)s2)c(COc2ccc(-c3nc4cc(C(=O)O)ccc4n3C3CCCCC3)cc2)c1. The summed E-state index contributed by atoms with van der Waals surface area (Å²) in [7, 11) is 3.47. The summed E-state index contributed by atoms with van der Waals surface area (Å²) in [6.07, 6.45) is 5.73. The molecule has 3 aromatic carbocycles. The Balaban J connectivity index is 1.30. The lowest BCUT2D eigenvalue weighted by Gasteiger charge is -2.25. The highest BCUT2D eigenvalue weighted by molar-refractivity contribution is 7.19. The average Bonchev–Trinajstić information content (AvgIpc) is 3.63. The highest BCUT2D eigenvalue weighted by atomic mass is 35.5. The molecule has 1 N–H and O–H groups in total. The summed E-state index contributed by atoms with van der Waals surface area (Å²) in [4.78, 5) is 31.8. The Labute approximate surface area is 259 Å². The maximum Gasteiger partial charge on any atom is 0.335 e. The number of thiophene rings is 1. The third kappa shape index (κ3) is 6.03. The first-order chi connectivity index (χ1) is 20.8. The van der Waals surface area contributed by atoms with E-state index in [9.17, 15) is 14.7 Å². The Morgan fingerprint density at radius 1 is 0.977 bits per heavy atom. The van der Waals surface area contributed by atoms with Crippen LogP contribution >= 0.6 is 22.9 Å². The van der Waals surface area contributed by atoms with E-state index in [1.807, 2.05) is 60.7 Å². The molecule has 5 aromatic rings. The average molecular weight is 614 g/mol. The number of ether oxygens (including phenoxy) is 1. The zero-order valence-corrected chi connectivity index (χ0v) is 25.6. The van der Waals surface area contributed by atoms with E-state index >= 15 is 0 Å². The summed E-state index contributed by atoms with van der Waals surface area (Å²) >= 11 is 7.71. The summed E-state index contributed by atoms with van der Waals surface area (Å²) in [6, 6.07) is 22.9. The number of carboxylic acids is 1. The largest absolute Gasteiger partial charge is 0.489 e. The zero-order valence-electron chi connectivity index (χ0n) is 24.0. The molecule has 0 unspecified atom stereocenters. The van der Waals surface area contributed by atoms with E-state index < -0.39 is 5.97 Å². The van der Waals surface area contributed by atoms with Gasteiger partial charge in [0.2, 0.25) is 0 Å². The molecule has 1 fully saturated rings. The van der Waals surface area contributed by atoms with Gasteiger partial charge in [0.25, 0.3) is 5.91 Å². The third-order valence-corrected chi connectivity index (χ3v) is 9.24. The van der Waals surface area contributed by atoms with Gasteiger partial charge in [-0.15, -0.1) is 11.3 Å². The summed E-state index contributed by atoms with van der Waals surface area (Å²) < 4.78 is 9.24. The van der Waals surface area contributed by atoms with Crippen LogP contribution in [-0.2, 0) is 6.61 Å². The van der Waals surface area contributed by atoms with E-state index in [2.05, 4.69) is 4.57 Å². The van der Waals surface area contributed by atoms with Crippen LogP contribution in [0.3, 0.4) is 0 Å². The van der Waals surface area contributed by atoms with E-state index in [1.54, 1.807) is 31.1 Å². The molecule has 0 bridgehead atoms. The molecule has 220 valence electrons. The lowest BCUT2D eigenvalue weighted by molar-refractivity contribution is 0.0696.